The van der Waals surface area contributed by atoms with Crippen LogP contribution in [0.3, 0.4) is 0 Å². The summed E-state index contributed by atoms with van der Waals surface area (Å²) >= 11 is 0. The van der Waals surface area contributed by atoms with Crippen molar-refractivity contribution in [3.05, 3.63) is 0 Å². The molecule has 112 valence electrons. The molecule has 1 rings (SSSR count). The van der Waals surface area contributed by atoms with Gasteiger partial charge in [0.2, 0.25) is 5.91 Å². The molecule has 1 aliphatic rings. The van der Waals surface area contributed by atoms with Gasteiger partial charge in [0, 0.05) is 26.4 Å². The fraction of sp³-hybridized carbons (Fsp3) is 0.900. The maximum Gasteiger partial charge on any atom is 0.404 e. The summed E-state index contributed by atoms with van der Waals surface area (Å²) in [5, 5.41) is 2.54. The van der Waals surface area contributed by atoms with E-state index in [1.807, 2.05) is 0 Å². The molecule has 0 spiro atoms. The van der Waals surface area contributed by atoms with Crippen LogP contribution in [0, 0.1) is 5.41 Å². The molecule has 1 N–H and O–H groups in total. The van der Waals surface area contributed by atoms with Crippen molar-refractivity contribution in [1.82, 2.24) is 10.2 Å². The number of sulfone groups is 1. The molecule has 1 heterocycles. The average molecular weight is 302 g/mol. The highest BCUT2D eigenvalue weighted by Crippen LogP contribution is 2.44. The molecular weight excluding hydrogens is 285 g/mol. The van der Waals surface area contributed by atoms with Crippen molar-refractivity contribution in [1.29, 1.82) is 0 Å². The summed E-state index contributed by atoms with van der Waals surface area (Å²) in [5.74, 6) is -1.43. The highest BCUT2D eigenvalue weighted by Gasteiger charge is 2.62. The summed E-state index contributed by atoms with van der Waals surface area (Å²) in [6.07, 6.45) is -3.99. The number of carbonyl (C=O) groups is 1. The third-order valence-corrected chi connectivity index (χ3v) is 4.18. The number of nitrogens with one attached hydrogen (secondary N) is 1. The van der Waals surface area contributed by atoms with Crippen LogP contribution in [0.2, 0.25) is 0 Å². The van der Waals surface area contributed by atoms with E-state index in [0.29, 0.717) is 0 Å². The van der Waals surface area contributed by atoms with Gasteiger partial charge < -0.3 is 10.2 Å². The summed E-state index contributed by atoms with van der Waals surface area (Å²) < 4.78 is 61.3. The van der Waals surface area contributed by atoms with Gasteiger partial charge in [-0.25, -0.2) is 8.42 Å². The lowest BCUT2D eigenvalue weighted by Crippen LogP contribution is -2.53. The van der Waals surface area contributed by atoms with Crippen molar-refractivity contribution in [2.45, 2.75) is 12.6 Å². The molecule has 0 bridgehead atoms. The fourth-order valence-electron chi connectivity index (χ4n) is 2.01. The van der Waals surface area contributed by atoms with E-state index in [1.165, 1.54) is 7.05 Å². The third kappa shape index (κ3) is 3.59. The Balaban J connectivity index is 2.84. The summed E-state index contributed by atoms with van der Waals surface area (Å²) in [5.41, 5.74) is -2.43. The zero-order valence-electron chi connectivity index (χ0n) is 10.7. The molecule has 1 fully saturated rings. The van der Waals surface area contributed by atoms with Crippen LogP contribution >= 0.6 is 0 Å². The van der Waals surface area contributed by atoms with E-state index in [0.717, 1.165) is 11.2 Å². The minimum atomic E-state index is -4.65. The maximum atomic E-state index is 13.1. The van der Waals surface area contributed by atoms with Crippen LogP contribution in [0.5, 0.6) is 0 Å². The standard InChI is InChI=1S/C10H17F3N2O3S/c1-15(5-6-19(2,17)18)8(16)9(10(11,12)13)3-4-14-7-9/h14H,3-7H2,1-2H3. The average Bonchev–Trinajstić information content (AvgIpc) is 2.73. The molecule has 1 amide bonds. The van der Waals surface area contributed by atoms with Crippen molar-refractivity contribution in [2.75, 3.05) is 38.7 Å². The lowest BCUT2D eigenvalue weighted by Gasteiger charge is -2.33. The summed E-state index contributed by atoms with van der Waals surface area (Å²) in [6, 6.07) is 0. The van der Waals surface area contributed by atoms with E-state index >= 15 is 0 Å². The lowest BCUT2D eigenvalue weighted by atomic mass is 9.84. The van der Waals surface area contributed by atoms with Crippen LogP contribution in [-0.2, 0) is 14.6 Å². The van der Waals surface area contributed by atoms with Crippen molar-refractivity contribution in [3.63, 3.8) is 0 Å². The minimum Gasteiger partial charge on any atom is -0.344 e. The van der Waals surface area contributed by atoms with Gasteiger partial charge in [-0.2, -0.15) is 13.2 Å². The molecule has 0 saturated carbocycles. The first-order valence-electron chi connectivity index (χ1n) is 5.70. The summed E-state index contributed by atoms with van der Waals surface area (Å²) in [6.45, 7) is -0.584. The number of hydrogen-bond acceptors (Lipinski definition) is 4. The first-order valence-corrected chi connectivity index (χ1v) is 7.76. The van der Waals surface area contributed by atoms with E-state index in [1.54, 1.807) is 0 Å². The molecule has 19 heavy (non-hydrogen) atoms. The molecule has 0 radical (unpaired) electrons. The number of amides is 1. The topological polar surface area (TPSA) is 66.5 Å². The molecule has 0 aromatic rings. The first-order chi connectivity index (χ1) is 8.50. The second kappa shape index (κ2) is 5.28. The van der Waals surface area contributed by atoms with E-state index < -0.39 is 33.9 Å². The van der Waals surface area contributed by atoms with E-state index in [4.69, 9.17) is 0 Å². The van der Waals surface area contributed by atoms with Gasteiger partial charge in [0.05, 0.1) is 5.75 Å². The van der Waals surface area contributed by atoms with Crippen molar-refractivity contribution in [2.24, 2.45) is 5.41 Å². The first kappa shape index (κ1) is 16.2. The van der Waals surface area contributed by atoms with Crippen LogP contribution in [0.1, 0.15) is 6.42 Å². The molecule has 1 atom stereocenters. The number of rotatable bonds is 4. The van der Waals surface area contributed by atoms with Gasteiger partial charge in [0.25, 0.3) is 0 Å². The van der Waals surface area contributed by atoms with Crippen LogP contribution in [0.25, 0.3) is 0 Å². The molecule has 0 aliphatic carbocycles. The number of nitrogens with zero attached hydrogens (tertiary/aromatic N) is 1. The Morgan fingerprint density at radius 3 is 2.37 bits per heavy atom. The molecular formula is C10H17F3N2O3S. The molecule has 5 nitrogen and oxygen atoms in total. The minimum absolute atomic E-state index is 0.116. The molecule has 1 unspecified atom stereocenters. The van der Waals surface area contributed by atoms with Gasteiger partial charge in [0.1, 0.15) is 9.84 Å². The van der Waals surface area contributed by atoms with Gasteiger partial charge in [-0.05, 0) is 13.0 Å². The van der Waals surface area contributed by atoms with E-state index in [-0.39, 0.29) is 25.3 Å². The Labute approximate surface area is 110 Å². The molecule has 0 aromatic heterocycles. The van der Waals surface area contributed by atoms with Crippen LogP contribution in [-0.4, -0.2) is 64.1 Å². The van der Waals surface area contributed by atoms with E-state index in [2.05, 4.69) is 5.32 Å². The highest BCUT2D eigenvalue weighted by molar-refractivity contribution is 7.90. The smallest absolute Gasteiger partial charge is 0.344 e. The van der Waals surface area contributed by atoms with Crippen molar-refractivity contribution in [3.8, 4) is 0 Å². The Morgan fingerprint density at radius 2 is 2.00 bits per heavy atom. The Hall–Kier alpha value is -0.830. The van der Waals surface area contributed by atoms with Gasteiger partial charge in [-0.15, -0.1) is 0 Å². The van der Waals surface area contributed by atoms with Crippen molar-refractivity contribution < 1.29 is 26.4 Å². The predicted octanol–water partition coefficient (Wildman–Crippen LogP) is 0.0314. The summed E-state index contributed by atoms with van der Waals surface area (Å²) in [7, 11) is -2.13. The number of halogens is 3. The third-order valence-electron chi connectivity index (χ3n) is 3.25. The zero-order valence-corrected chi connectivity index (χ0v) is 11.6. The zero-order chi connectivity index (χ0) is 14.9. The normalized spacial score (nSPS) is 24.5. The second-order valence-electron chi connectivity index (χ2n) is 4.86. The largest absolute Gasteiger partial charge is 0.404 e. The Bertz CT molecular complexity index is 441. The van der Waals surface area contributed by atoms with Crippen molar-refractivity contribution >= 4 is 15.7 Å². The van der Waals surface area contributed by atoms with Gasteiger partial charge >= 0.3 is 6.18 Å². The molecule has 0 aromatic carbocycles. The number of alkyl halides is 3. The maximum absolute atomic E-state index is 13.1. The molecule has 9 heteroatoms. The second-order valence-corrected chi connectivity index (χ2v) is 7.12. The number of carbonyl (C=O) groups excluding carboxylic acids is 1. The summed E-state index contributed by atoms with van der Waals surface area (Å²) in [4.78, 5) is 12.9. The van der Waals surface area contributed by atoms with Crippen LogP contribution in [0.4, 0.5) is 13.2 Å². The van der Waals surface area contributed by atoms with Crippen LogP contribution < -0.4 is 5.32 Å². The van der Waals surface area contributed by atoms with Gasteiger partial charge in [0.15, 0.2) is 5.41 Å². The monoisotopic (exact) mass is 302 g/mol. The highest BCUT2D eigenvalue weighted by atomic mass is 32.2. The lowest BCUT2D eigenvalue weighted by molar-refractivity contribution is -0.220. The SMILES string of the molecule is CN(CCS(C)(=O)=O)C(=O)C1(C(F)(F)F)CCNC1. The molecule has 1 aliphatic heterocycles. The number of hydrogen-bond donors (Lipinski definition) is 1. The Morgan fingerprint density at radius 1 is 1.42 bits per heavy atom. The Kier molecular flexibility index (Phi) is 4.51. The predicted molar refractivity (Wildman–Crippen MR) is 63.3 cm³/mol. The van der Waals surface area contributed by atoms with Gasteiger partial charge in [-0.1, -0.05) is 0 Å². The quantitative estimate of drug-likeness (QED) is 0.796. The van der Waals surface area contributed by atoms with E-state index in [9.17, 15) is 26.4 Å². The fourth-order valence-corrected chi connectivity index (χ4v) is 2.61. The van der Waals surface area contributed by atoms with Crippen LogP contribution in [0.15, 0.2) is 0 Å². The van der Waals surface area contributed by atoms with Gasteiger partial charge in [-0.3, -0.25) is 4.79 Å². The molecule has 1 saturated heterocycles.